The Labute approximate surface area is 139 Å². The van der Waals surface area contributed by atoms with Gasteiger partial charge in [-0.05, 0) is 31.0 Å². The number of nitrogens with zero attached hydrogens (tertiary/aromatic N) is 3. The molecule has 0 saturated carbocycles. The largest absolute Gasteiger partial charge is 0.392 e. The summed E-state index contributed by atoms with van der Waals surface area (Å²) in [6, 6.07) is 7.93. The zero-order valence-corrected chi connectivity index (χ0v) is 13.7. The zero-order valence-electron chi connectivity index (χ0n) is 13.7. The maximum atomic E-state index is 13.5. The SMILES string of the molecule is Cc1cc(NC(=O)CN2C[C@@H](O)C[C@H]2c2cccc(F)c2)n(C)n1. The molecule has 1 amide bonds. The number of aliphatic hydroxyl groups is 1. The second-order valence-corrected chi connectivity index (χ2v) is 6.23. The number of amides is 1. The third-order valence-corrected chi connectivity index (χ3v) is 4.23. The van der Waals surface area contributed by atoms with Crippen LogP contribution in [-0.2, 0) is 11.8 Å². The first-order chi connectivity index (χ1) is 11.4. The second kappa shape index (κ2) is 6.70. The number of halogens is 1. The minimum atomic E-state index is -0.523. The van der Waals surface area contributed by atoms with Crippen molar-refractivity contribution in [2.45, 2.75) is 25.5 Å². The van der Waals surface area contributed by atoms with Gasteiger partial charge in [0.25, 0.3) is 0 Å². The van der Waals surface area contributed by atoms with E-state index in [0.29, 0.717) is 18.8 Å². The molecule has 0 spiro atoms. The van der Waals surface area contributed by atoms with Crippen LogP contribution in [0.15, 0.2) is 30.3 Å². The quantitative estimate of drug-likeness (QED) is 0.892. The van der Waals surface area contributed by atoms with Gasteiger partial charge in [0.1, 0.15) is 11.6 Å². The van der Waals surface area contributed by atoms with Gasteiger partial charge in [-0.25, -0.2) is 4.39 Å². The van der Waals surface area contributed by atoms with Gasteiger partial charge in [0, 0.05) is 25.7 Å². The molecular weight excluding hydrogens is 311 g/mol. The van der Waals surface area contributed by atoms with Crippen LogP contribution in [0, 0.1) is 12.7 Å². The molecule has 2 heterocycles. The number of benzene rings is 1. The van der Waals surface area contributed by atoms with Gasteiger partial charge in [0.15, 0.2) is 0 Å². The van der Waals surface area contributed by atoms with Gasteiger partial charge < -0.3 is 10.4 Å². The van der Waals surface area contributed by atoms with E-state index in [2.05, 4.69) is 10.4 Å². The van der Waals surface area contributed by atoms with E-state index in [-0.39, 0.29) is 24.3 Å². The number of nitrogens with one attached hydrogen (secondary N) is 1. The van der Waals surface area contributed by atoms with Gasteiger partial charge in [0.2, 0.25) is 5.91 Å². The number of anilines is 1. The van der Waals surface area contributed by atoms with Crippen molar-refractivity contribution >= 4 is 11.7 Å². The highest BCUT2D eigenvalue weighted by Gasteiger charge is 2.33. The normalized spacial score (nSPS) is 21.2. The van der Waals surface area contributed by atoms with Crippen LogP contribution in [0.4, 0.5) is 10.2 Å². The van der Waals surface area contributed by atoms with Crippen molar-refractivity contribution in [2.24, 2.45) is 7.05 Å². The average Bonchev–Trinajstić information content (AvgIpc) is 3.01. The maximum Gasteiger partial charge on any atom is 0.239 e. The van der Waals surface area contributed by atoms with E-state index in [1.165, 1.54) is 12.1 Å². The molecule has 1 aromatic heterocycles. The number of carbonyl (C=O) groups is 1. The zero-order chi connectivity index (χ0) is 17.3. The molecule has 2 aromatic rings. The number of aliphatic hydroxyl groups excluding tert-OH is 1. The number of hydrogen-bond donors (Lipinski definition) is 2. The minimum absolute atomic E-state index is 0.127. The molecule has 6 nitrogen and oxygen atoms in total. The van der Waals surface area contributed by atoms with Crippen molar-refractivity contribution < 1.29 is 14.3 Å². The van der Waals surface area contributed by atoms with Crippen molar-refractivity contribution in [1.82, 2.24) is 14.7 Å². The number of aryl methyl sites for hydroxylation is 2. The second-order valence-electron chi connectivity index (χ2n) is 6.23. The summed E-state index contributed by atoms with van der Waals surface area (Å²) in [7, 11) is 1.76. The minimum Gasteiger partial charge on any atom is -0.392 e. The molecule has 0 unspecified atom stereocenters. The molecule has 7 heteroatoms. The van der Waals surface area contributed by atoms with E-state index >= 15 is 0 Å². The van der Waals surface area contributed by atoms with Crippen LogP contribution in [0.1, 0.15) is 23.7 Å². The number of likely N-dealkylation sites (tertiary alicyclic amines) is 1. The van der Waals surface area contributed by atoms with Crippen LogP contribution in [0.5, 0.6) is 0 Å². The van der Waals surface area contributed by atoms with Crippen molar-refractivity contribution in [3.8, 4) is 0 Å². The third kappa shape index (κ3) is 3.63. The lowest BCUT2D eigenvalue weighted by molar-refractivity contribution is -0.117. The van der Waals surface area contributed by atoms with E-state index in [1.807, 2.05) is 17.9 Å². The smallest absolute Gasteiger partial charge is 0.239 e. The van der Waals surface area contributed by atoms with Gasteiger partial charge >= 0.3 is 0 Å². The summed E-state index contributed by atoms with van der Waals surface area (Å²) in [4.78, 5) is 14.2. The predicted octanol–water partition coefficient (Wildman–Crippen LogP) is 1.61. The summed E-state index contributed by atoms with van der Waals surface area (Å²) < 4.78 is 15.1. The molecule has 0 aliphatic carbocycles. The highest BCUT2D eigenvalue weighted by molar-refractivity contribution is 5.91. The number of rotatable bonds is 4. The van der Waals surface area contributed by atoms with Crippen molar-refractivity contribution in [2.75, 3.05) is 18.4 Å². The van der Waals surface area contributed by atoms with Crippen LogP contribution in [0.3, 0.4) is 0 Å². The van der Waals surface area contributed by atoms with Gasteiger partial charge in [-0.2, -0.15) is 5.10 Å². The highest BCUT2D eigenvalue weighted by atomic mass is 19.1. The van der Waals surface area contributed by atoms with Crippen molar-refractivity contribution in [3.05, 3.63) is 47.4 Å². The Hall–Kier alpha value is -2.25. The van der Waals surface area contributed by atoms with Crippen molar-refractivity contribution in [3.63, 3.8) is 0 Å². The molecule has 1 saturated heterocycles. The van der Waals surface area contributed by atoms with Gasteiger partial charge in [-0.15, -0.1) is 0 Å². The van der Waals surface area contributed by atoms with E-state index < -0.39 is 6.10 Å². The molecular formula is C17H21FN4O2. The Morgan fingerprint density at radius 2 is 2.25 bits per heavy atom. The van der Waals surface area contributed by atoms with E-state index in [9.17, 15) is 14.3 Å². The summed E-state index contributed by atoms with van der Waals surface area (Å²) in [6.07, 6.45) is -0.0355. The molecule has 0 bridgehead atoms. The summed E-state index contributed by atoms with van der Waals surface area (Å²) in [6.45, 7) is 2.37. The first-order valence-corrected chi connectivity index (χ1v) is 7.90. The van der Waals surface area contributed by atoms with Gasteiger partial charge in [0.05, 0.1) is 18.3 Å². The topological polar surface area (TPSA) is 70.4 Å². The third-order valence-electron chi connectivity index (χ3n) is 4.23. The lowest BCUT2D eigenvalue weighted by Gasteiger charge is -2.23. The standard InChI is InChI=1S/C17H21FN4O2/c1-11-6-16(21(2)20-11)19-17(24)10-22-9-14(23)8-15(22)12-4-3-5-13(18)7-12/h3-7,14-15,23H,8-10H2,1-2H3,(H,19,24)/t14-,15-/m0/s1. The molecule has 3 rings (SSSR count). The molecule has 0 radical (unpaired) electrons. The van der Waals surface area contributed by atoms with E-state index in [1.54, 1.807) is 23.9 Å². The van der Waals surface area contributed by atoms with Gasteiger partial charge in [-0.1, -0.05) is 12.1 Å². The van der Waals surface area contributed by atoms with Crippen LogP contribution in [-0.4, -0.2) is 44.9 Å². The molecule has 128 valence electrons. The van der Waals surface area contributed by atoms with Gasteiger partial charge in [-0.3, -0.25) is 14.4 Å². The predicted molar refractivity (Wildman–Crippen MR) is 87.9 cm³/mol. The molecule has 24 heavy (non-hydrogen) atoms. The number of aromatic nitrogens is 2. The Bertz CT molecular complexity index is 746. The first kappa shape index (κ1) is 16.6. The lowest BCUT2D eigenvalue weighted by Crippen LogP contribution is -2.34. The Balaban J connectivity index is 1.70. The van der Waals surface area contributed by atoms with Crippen LogP contribution in [0.25, 0.3) is 0 Å². The fourth-order valence-corrected chi connectivity index (χ4v) is 3.21. The molecule has 1 aromatic carbocycles. The van der Waals surface area contributed by atoms with E-state index in [0.717, 1.165) is 11.3 Å². The first-order valence-electron chi connectivity index (χ1n) is 7.90. The summed E-state index contributed by atoms with van der Waals surface area (Å²) in [5.41, 5.74) is 1.60. The number of β-amino-alcohol motifs (C(OH)–C–C–N with tert-alkyl or cyclic N) is 1. The molecule has 2 atom stereocenters. The fraction of sp³-hybridized carbons (Fsp3) is 0.412. The summed E-state index contributed by atoms with van der Waals surface area (Å²) in [5, 5.41) is 17.0. The molecule has 2 N–H and O–H groups in total. The Morgan fingerprint density at radius 1 is 1.46 bits per heavy atom. The average molecular weight is 332 g/mol. The molecule has 1 aliphatic rings. The monoisotopic (exact) mass is 332 g/mol. The Kier molecular flexibility index (Phi) is 4.64. The Morgan fingerprint density at radius 3 is 2.92 bits per heavy atom. The van der Waals surface area contributed by atoms with Crippen LogP contribution < -0.4 is 5.32 Å². The maximum absolute atomic E-state index is 13.5. The molecule has 1 fully saturated rings. The van der Waals surface area contributed by atoms with Crippen LogP contribution >= 0.6 is 0 Å². The lowest BCUT2D eigenvalue weighted by atomic mass is 10.0. The number of hydrogen-bond acceptors (Lipinski definition) is 4. The summed E-state index contributed by atoms with van der Waals surface area (Å²) >= 11 is 0. The van der Waals surface area contributed by atoms with Crippen molar-refractivity contribution in [1.29, 1.82) is 0 Å². The van der Waals surface area contributed by atoms with Crippen LogP contribution in [0.2, 0.25) is 0 Å². The van der Waals surface area contributed by atoms with E-state index in [4.69, 9.17) is 0 Å². The molecule has 1 aliphatic heterocycles. The highest BCUT2D eigenvalue weighted by Crippen LogP contribution is 2.32. The number of carbonyl (C=O) groups excluding carboxylic acids is 1. The summed E-state index contributed by atoms with van der Waals surface area (Å²) in [5.74, 6) is 0.122. The fourth-order valence-electron chi connectivity index (χ4n) is 3.21.